The number of amides is 1. The molecule has 0 saturated heterocycles. The number of halogens is 1. The molecular weight excluding hydrogens is 460 g/mol. The second-order valence-corrected chi connectivity index (χ2v) is 7.33. The summed E-state index contributed by atoms with van der Waals surface area (Å²) in [5.41, 5.74) is 2.13. The minimum atomic E-state index is -0.783. The van der Waals surface area contributed by atoms with Crippen molar-refractivity contribution in [3.63, 3.8) is 0 Å². The molecule has 0 aliphatic heterocycles. The first-order chi connectivity index (χ1) is 15.1. The summed E-state index contributed by atoms with van der Waals surface area (Å²) in [5.74, 6) is -0.882. The largest absolute Gasteiger partial charge is 0.450 e. The molecule has 0 spiro atoms. The molecule has 0 fully saturated rings. The van der Waals surface area contributed by atoms with Gasteiger partial charge in [0.25, 0.3) is 11.7 Å². The van der Waals surface area contributed by atoms with Crippen LogP contribution < -0.4 is 5.32 Å². The predicted molar refractivity (Wildman–Crippen MR) is 120 cm³/mol. The van der Waals surface area contributed by atoms with Gasteiger partial charge in [-0.15, -0.1) is 5.10 Å². The molecule has 7 nitrogen and oxygen atoms in total. The van der Waals surface area contributed by atoms with E-state index >= 15 is 0 Å². The molecule has 1 aromatic heterocycles. The third-order valence-corrected chi connectivity index (χ3v) is 5.00. The number of para-hydroxylation sites is 2. The number of carbonyl (C=O) groups excluding carboxylic acids is 2. The molecule has 0 atom stereocenters. The van der Waals surface area contributed by atoms with Gasteiger partial charge in [0.05, 0.1) is 11.4 Å². The van der Waals surface area contributed by atoms with Gasteiger partial charge in [0.2, 0.25) is 0 Å². The van der Waals surface area contributed by atoms with Crippen LogP contribution in [-0.2, 0) is 9.53 Å². The van der Waals surface area contributed by atoms with E-state index in [0.29, 0.717) is 11.5 Å². The molecule has 0 unspecified atom stereocenters. The van der Waals surface area contributed by atoms with Gasteiger partial charge in [-0.1, -0.05) is 60.7 Å². The van der Waals surface area contributed by atoms with Gasteiger partial charge in [0.15, 0.2) is 12.4 Å². The topological polar surface area (TPSA) is 86.1 Å². The Labute approximate surface area is 186 Å². The Kier molecular flexibility index (Phi) is 6.18. The number of hydrogen-bond acceptors (Lipinski definition) is 5. The number of carbonyl (C=O) groups is 2. The van der Waals surface area contributed by atoms with Gasteiger partial charge in [0.1, 0.15) is 0 Å². The lowest BCUT2D eigenvalue weighted by atomic mass is 10.2. The van der Waals surface area contributed by atoms with E-state index in [1.54, 1.807) is 22.9 Å². The summed E-state index contributed by atoms with van der Waals surface area (Å²) in [7, 11) is 0. The maximum Gasteiger partial charge on any atom is 0.378 e. The fourth-order valence-corrected chi connectivity index (χ4v) is 3.25. The standard InChI is InChI=1S/C23H17BrN4O3/c24-18-13-7-8-14-19(18)25-20(29)15-31-23(30)21-26-22(16-9-3-1-4-10-16)28(27-21)17-11-5-2-6-12-17/h1-14H,15H2,(H,25,29). The highest BCUT2D eigenvalue weighted by Gasteiger charge is 2.20. The van der Waals surface area contributed by atoms with Crippen molar-refractivity contribution in [2.45, 2.75) is 0 Å². The zero-order valence-electron chi connectivity index (χ0n) is 16.2. The van der Waals surface area contributed by atoms with Crippen LogP contribution >= 0.6 is 15.9 Å². The van der Waals surface area contributed by atoms with Gasteiger partial charge in [0, 0.05) is 10.0 Å². The number of aromatic nitrogens is 3. The van der Waals surface area contributed by atoms with E-state index in [9.17, 15) is 9.59 Å². The number of esters is 1. The quantitative estimate of drug-likeness (QED) is 0.414. The summed E-state index contributed by atoms with van der Waals surface area (Å²) >= 11 is 3.35. The monoisotopic (exact) mass is 476 g/mol. The van der Waals surface area contributed by atoms with Crippen LogP contribution in [0.3, 0.4) is 0 Å². The van der Waals surface area contributed by atoms with Crippen molar-refractivity contribution in [3.05, 3.63) is 95.2 Å². The average Bonchev–Trinajstić information content (AvgIpc) is 3.26. The van der Waals surface area contributed by atoms with Crippen LogP contribution in [0.4, 0.5) is 5.69 Å². The molecule has 8 heteroatoms. The number of benzene rings is 3. The fourth-order valence-electron chi connectivity index (χ4n) is 2.87. The van der Waals surface area contributed by atoms with Gasteiger partial charge < -0.3 is 10.1 Å². The van der Waals surface area contributed by atoms with Crippen LogP contribution in [0.2, 0.25) is 0 Å². The highest BCUT2D eigenvalue weighted by Crippen LogP contribution is 2.22. The van der Waals surface area contributed by atoms with E-state index in [2.05, 4.69) is 31.3 Å². The van der Waals surface area contributed by atoms with E-state index in [0.717, 1.165) is 15.7 Å². The Morgan fingerprint density at radius 3 is 2.26 bits per heavy atom. The number of nitrogens with one attached hydrogen (secondary N) is 1. The molecule has 1 N–H and O–H groups in total. The predicted octanol–water partition coefficient (Wildman–Crippen LogP) is 4.49. The average molecular weight is 477 g/mol. The number of hydrogen-bond donors (Lipinski definition) is 1. The highest BCUT2D eigenvalue weighted by atomic mass is 79.9. The number of anilines is 1. The summed E-state index contributed by atoms with van der Waals surface area (Å²) in [6.07, 6.45) is 0. The van der Waals surface area contributed by atoms with Gasteiger partial charge in [-0.05, 0) is 40.2 Å². The zero-order chi connectivity index (χ0) is 21.6. The first-order valence-electron chi connectivity index (χ1n) is 9.41. The maximum absolute atomic E-state index is 12.5. The van der Waals surface area contributed by atoms with Crippen LogP contribution in [0.25, 0.3) is 17.1 Å². The Bertz CT molecular complexity index is 1150. The van der Waals surface area contributed by atoms with E-state index in [1.165, 1.54) is 0 Å². The van der Waals surface area contributed by atoms with Crippen molar-refractivity contribution in [2.24, 2.45) is 0 Å². The molecule has 0 bridgehead atoms. The first-order valence-corrected chi connectivity index (χ1v) is 10.2. The van der Waals surface area contributed by atoms with Crippen LogP contribution in [0.5, 0.6) is 0 Å². The second kappa shape index (κ2) is 9.36. The Balaban J connectivity index is 1.52. The van der Waals surface area contributed by atoms with Crippen molar-refractivity contribution >= 4 is 33.5 Å². The van der Waals surface area contributed by atoms with Crippen molar-refractivity contribution in [3.8, 4) is 17.1 Å². The number of ether oxygens (including phenoxy) is 1. The van der Waals surface area contributed by atoms with E-state index in [-0.39, 0.29) is 5.82 Å². The van der Waals surface area contributed by atoms with Crippen molar-refractivity contribution in [2.75, 3.05) is 11.9 Å². The minimum Gasteiger partial charge on any atom is -0.450 e. The lowest BCUT2D eigenvalue weighted by molar-refractivity contribution is -0.119. The Morgan fingerprint density at radius 1 is 0.903 bits per heavy atom. The Hall–Kier alpha value is -3.78. The molecule has 0 radical (unpaired) electrons. The molecule has 0 aliphatic carbocycles. The van der Waals surface area contributed by atoms with E-state index in [4.69, 9.17) is 4.74 Å². The first kappa shape index (κ1) is 20.5. The number of rotatable bonds is 6. The molecular formula is C23H17BrN4O3. The van der Waals surface area contributed by atoms with Gasteiger partial charge in [-0.3, -0.25) is 4.79 Å². The van der Waals surface area contributed by atoms with Crippen molar-refractivity contribution in [1.82, 2.24) is 14.8 Å². The zero-order valence-corrected chi connectivity index (χ0v) is 17.8. The molecule has 154 valence electrons. The summed E-state index contributed by atoms with van der Waals surface area (Å²) in [6, 6.07) is 25.9. The highest BCUT2D eigenvalue weighted by molar-refractivity contribution is 9.10. The van der Waals surface area contributed by atoms with E-state index in [1.807, 2.05) is 66.7 Å². The van der Waals surface area contributed by atoms with Crippen LogP contribution in [0, 0.1) is 0 Å². The van der Waals surface area contributed by atoms with Crippen molar-refractivity contribution in [1.29, 1.82) is 0 Å². The van der Waals surface area contributed by atoms with Crippen LogP contribution in [-0.4, -0.2) is 33.2 Å². The molecule has 0 aliphatic rings. The normalized spacial score (nSPS) is 10.5. The van der Waals surface area contributed by atoms with Gasteiger partial charge >= 0.3 is 5.97 Å². The van der Waals surface area contributed by atoms with Gasteiger partial charge in [-0.25, -0.2) is 14.5 Å². The third-order valence-electron chi connectivity index (χ3n) is 4.30. The molecule has 1 amide bonds. The molecule has 31 heavy (non-hydrogen) atoms. The lowest BCUT2D eigenvalue weighted by Crippen LogP contribution is -2.21. The smallest absolute Gasteiger partial charge is 0.378 e. The third kappa shape index (κ3) is 4.87. The summed E-state index contributed by atoms with van der Waals surface area (Å²) < 4.78 is 7.44. The summed E-state index contributed by atoms with van der Waals surface area (Å²) in [5, 5.41) is 7.00. The molecule has 4 aromatic rings. The van der Waals surface area contributed by atoms with Crippen molar-refractivity contribution < 1.29 is 14.3 Å². The second-order valence-electron chi connectivity index (χ2n) is 6.48. The van der Waals surface area contributed by atoms with Crippen LogP contribution in [0.15, 0.2) is 89.4 Å². The lowest BCUT2D eigenvalue weighted by Gasteiger charge is -2.07. The SMILES string of the molecule is O=C(COC(=O)c1nc(-c2ccccc2)n(-c2ccccc2)n1)Nc1ccccc1Br. The summed E-state index contributed by atoms with van der Waals surface area (Å²) in [4.78, 5) is 29.1. The van der Waals surface area contributed by atoms with E-state index < -0.39 is 18.5 Å². The summed E-state index contributed by atoms with van der Waals surface area (Å²) in [6.45, 7) is -0.458. The molecule has 0 saturated carbocycles. The minimum absolute atomic E-state index is 0.128. The van der Waals surface area contributed by atoms with Crippen LogP contribution in [0.1, 0.15) is 10.6 Å². The number of nitrogens with zero attached hydrogens (tertiary/aromatic N) is 3. The molecule has 4 rings (SSSR count). The fraction of sp³-hybridized carbons (Fsp3) is 0.0435. The maximum atomic E-state index is 12.5. The molecule has 1 heterocycles. The molecule has 3 aromatic carbocycles. The van der Waals surface area contributed by atoms with Gasteiger partial charge in [-0.2, -0.15) is 0 Å². The Morgan fingerprint density at radius 2 is 1.55 bits per heavy atom.